The van der Waals surface area contributed by atoms with Gasteiger partial charge in [0.25, 0.3) is 0 Å². The van der Waals surface area contributed by atoms with Crippen molar-refractivity contribution < 1.29 is 19.0 Å². The van der Waals surface area contributed by atoms with Crippen LogP contribution in [0.25, 0.3) is 33.5 Å². The number of aromatic nitrogens is 2. The molecule has 1 fully saturated rings. The minimum absolute atomic E-state index is 0.0317. The third kappa shape index (κ3) is 5.34. The van der Waals surface area contributed by atoms with Gasteiger partial charge in [-0.05, 0) is 78.1 Å². The summed E-state index contributed by atoms with van der Waals surface area (Å²) in [5.74, 6) is -0.731. The lowest BCUT2D eigenvalue weighted by Gasteiger charge is -2.25. The number of carboxylic acid groups (broad SMARTS) is 1. The molecule has 0 saturated heterocycles. The third-order valence-corrected chi connectivity index (χ3v) is 8.12. The second-order valence-electron chi connectivity index (χ2n) is 10.5. The first-order valence-electron chi connectivity index (χ1n) is 13.9. The first-order valence-corrected chi connectivity index (χ1v) is 14.3. The van der Waals surface area contributed by atoms with Crippen molar-refractivity contribution in [2.24, 2.45) is 0 Å². The van der Waals surface area contributed by atoms with Crippen molar-refractivity contribution in [1.82, 2.24) is 9.55 Å². The molecule has 0 bridgehead atoms. The van der Waals surface area contributed by atoms with Crippen LogP contribution in [0.5, 0.6) is 5.75 Å². The summed E-state index contributed by atoms with van der Waals surface area (Å²) in [5, 5.41) is 19.8. The fourth-order valence-electron chi connectivity index (χ4n) is 5.79. The van der Waals surface area contributed by atoms with Crippen LogP contribution in [0.15, 0.2) is 78.9 Å². The van der Waals surface area contributed by atoms with Gasteiger partial charge in [-0.25, -0.2) is 14.2 Å². The average molecular weight is 580 g/mol. The fourth-order valence-corrected chi connectivity index (χ4v) is 5.92. The van der Waals surface area contributed by atoms with Crippen molar-refractivity contribution in [3.63, 3.8) is 0 Å². The van der Waals surface area contributed by atoms with E-state index < -0.39 is 11.8 Å². The van der Waals surface area contributed by atoms with E-state index in [0.29, 0.717) is 38.8 Å². The fraction of sp³-hybridized carbons (Fsp3) is 0.206. The van der Waals surface area contributed by atoms with E-state index in [4.69, 9.17) is 21.3 Å². The van der Waals surface area contributed by atoms with Crippen molar-refractivity contribution in [3.05, 3.63) is 106 Å². The van der Waals surface area contributed by atoms with E-state index in [-0.39, 0.29) is 18.2 Å². The number of carbonyl (C=O) groups is 1. The van der Waals surface area contributed by atoms with Gasteiger partial charge in [-0.15, -0.1) is 0 Å². The van der Waals surface area contributed by atoms with E-state index in [1.807, 2.05) is 24.3 Å². The second-order valence-corrected chi connectivity index (χ2v) is 10.9. The van der Waals surface area contributed by atoms with Gasteiger partial charge in [0.1, 0.15) is 35.6 Å². The SMILES string of the molecule is N#Cc1cccc2c1nc(-c1ccc(OCc3cc(C(=O)O)ccc3-c3ccc(Cl)cc3)cc1F)n2C1CCCCC1. The number of aromatic carboxylic acids is 1. The highest BCUT2D eigenvalue weighted by Gasteiger charge is 2.25. The Bertz CT molecular complexity index is 1840. The Morgan fingerprint density at radius 3 is 2.50 bits per heavy atom. The molecule has 0 unspecified atom stereocenters. The van der Waals surface area contributed by atoms with Crippen LogP contribution in [0.2, 0.25) is 5.02 Å². The number of carboxylic acids is 1. The lowest BCUT2D eigenvalue weighted by atomic mass is 9.94. The summed E-state index contributed by atoms with van der Waals surface area (Å²) >= 11 is 6.05. The second kappa shape index (κ2) is 11.7. The van der Waals surface area contributed by atoms with Crippen LogP contribution in [0.4, 0.5) is 4.39 Å². The molecule has 1 aliphatic carbocycles. The number of nitriles is 1. The van der Waals surface area contributed by atoms with E-state index in [1.165, 1.54) is 12.5 Å². The number of halogens is 2. The first kappa shape index (κ1) is 27.5. The standard InChI is InChI=1S/C34H27ClFN3O3/c35-25-12-9-21(10-13-25)28-15-11-22(34(40)41)17-24(28)20-42-27-14-16-29(30(36)18-27)33-38-32-23(19-37)5-4-8-31(32)39(33)26-6-2-1-3-7-26/h4-5,8-18,26H,1-3,6-7,20H2,(H,40,41). The Morgan fingerprint density at radius 2 is 1.79 bits per heavy atom. The molecule has 5 aromatic rings. The average Bonchev–Trinajstić information content (AvgIpc) is 3.40. The topological polar surface area (TPSA) is 88.1 Å². The van der Waals surface area contributed by atoms with Crippen molar-refractivity contribution >= 4 is 28.6 Å². The Morgan fingerprint density at radius 1 is 1.02 bits per heavy atom. The van der Waals surface area contributed by atoms with Gasteiger partial charge in [0.2, 0.25) is 0 Å². The molecular formula is C34H27ClFN3O3. The summed E-state index contributed by atoms with van der Waals surface area (Å²) < 4.78 is 23.9. The first-order chi connectivity index (χ1) is 20.4. The molecule has 0 spiro atoms. The maximum Gasteiger partial charge on any atom is 0.335 e. The van der Waals surface area contributed by atoms with Crippen LogP contribution in [-0.2, 0) is 6.61 Å². The number of hydrogen-bond acceptors (Lipinski definition) is 4. The zero-order chi connectivity index (χ0) is 29.2. The predicted octanol–water partition coefficient (Wildman–Crippen LogP) is 8.82. The third-order valence-electron chi connectivity index (χ3n) is 7.86. The van der Waals surface area contributed by atoms with Gasteiger partial charge in [0.15, 0.2) is 0 Å². The molecule has 210 valence electrons. The van der Waals surface area contributed by atoms with Crippen LogP contribution in [0.3, 0.4) is 0 Å². The van der Waals surface area contributed by atoms with E-state index >= 15 is 4.39 Å². The molecule has 0 radical (unpaired) electrons. The highest BCUT2D eigenvalue weighted by atomic mass is 35.5. The number of rotatable bonds is 7. The number of ether oxygens (including phenoxy) is 1. The number of fused-ring (bicyclic) bond motifs is 1. The highest BCUT2D eigenvalue weighted by molar-refractivity contribution is 6.30. The Hall–Kier alpha value is -4.67. The van der Waals surface area contributed by atoms with Crippen molar-refractivity contribution in [1.29, 1.82) is 5.26 Å². The van der Waals surface area contributed by atoms with Crippen molar-refractivity contribution in [3.8, 4) is 34.3 Å². The summed E-state index contributed by atoms with van der Waals surface area (Å²) in [4.78, 5) is 16.4. The largest absolute Gasteiger partial charge is 0.489 e. The molecular weight excluding hydrogens is 553 g/mol. The monoisotopic (exact) mass is 579 g/mol. The summed E-state index contributed by atoms with van der Waals surface area (Å²) in [6, 6.07) is 24.7. The predicted molar refractivity (Wildman–Crippen MR) is 160 cm³/mol. The van der Waals surface area contributed by atoms with Crippen LogP contribution in [-0.4, -0.2) is 20.6 Å². The highest BCUT2D eigenvalue weighted by Crippen LogP contribution is 2.38. The quantitative estimate of drug-likeness (QED) is 0.208. The van der Waals surface area contributed by atoms with E-state index in [0.717, 1.165) is 42.3 Å². The Labute approximate surface area is 247 Å². The number of para-hydroxylation sites is 1. The normalized spacial score (nSPS) is 13.6. The Balaban J connectivity index is 1.34. The van der Waals surface area contributed by atoms with E-state index in [2.05, 4.69) is 10.6 Å². The number of hydrogen-bond donors (Lipinski definition) is 1. The van der Waals surface area contributed by atoms with Gasteiger partial charge in [0.05, 0.1) is 22.2 Å². The smallest absolute Gasteiger partial charge is 0.335 e. The molecule has 1 heterocycles. The zero-order valence-corrected chi connectivity index (χ0v) is 23.4. The number of imidazole rings is 1. The van der Waals surface area contributed by atoms with Gasteiger partial charge < -0.3 is 14.4 Å². The molecule has 1 saturated carbocycles. The summed E-state index contributed by atoms with van der Waals surface area (Å²) in [5.41, 5.74) is 4.64. The van der Waals surface area contributed by atoms with Crippen LogP contribution < -0.4 is 4.74 Å². The molecule has 1 aliphatic rings. The minimum Gasteiger partial charge on any atom is -0.489 e. The molecule has 42 heavy (non-hydrogen) atoms. The number of nitrogens with zero attached hydrogens (tertiary/aromatic N) is 3. The summed E-state index contributed by atoms with van der Waals surface area (Å²) in [6.07, 6.45) is 5.32. The van der Waals surface area contributed by atoms with Gasteiger partial charge in [-0.2, -0.15) is 5.26 Å². The summed E-state index contributed by atoms with van der Waals surface area (Å²) in [7, 11) is 0. The van der Waals surface area contributed by atoms with Gasteiger partial charge in [-0.3, -0.25) is 0 Å². The molecule has 6 rings (SSSR count). The molecule has 1 N–H and O–H groups in total. The lowest BCUT2D eigenvalue weighted by molar-refractivity contribution is 0.0696. The molecule has 0 amide bonds. The maximum atomic E-state index is 15.8. The van der Waals surface area contributed by atoms with Crippen LogP contribution in [0, 0.1) is 17.1 Å². The zero-order valence-electron chi connectivity index (χ0n) is 22.7. The van der Waals surface area contributed by atoms with E-state index in [1.54, 1.807) is 48.5 Å². The van der Waals surface area contributed by atoms with Crippen LogP contribution in [0.1, 0.15) is 59.6 Å². The number of benzene rings is 4. The van der Waals surface area contributed by atoms with Gasteiger partial charge in [0, 0.05) is 17.1 Å². The lowest BCUT2D eigenvalue weighted by Crippen LogP contribution is -2.14. The molecule has 1 aromatic heterocycles. The summed E-state index contributed by atoms with van der Waals surface area (Å²) in [6.45, 7) is 0.0317. The van der Waals surface area contributed by atoms with Gasteiger partial charge >= 0.3 is 5.97 Å². The molecule has 4 aromatic carbocycles. The Kier molecular flexibility index (Phi) is 7.64. The van der Waals surface area contributed by atoms with Crippen LogP contribution >= 0.6 is 11.6 Å². The molecule has 0 aliphatic heterocycles. The molecule has 8 heteroatoms. The maximum absolute atomic E-state index is 15.8. The minimum atomic E-state index is -1.05. The van der Waals surface area contributed by atoms with Crippen molar-refractivity contribution in [2.45, 2.75) is 44.8 Å². The molecule has 6 nitrogen and oxygen atoms in total. The van der Waals surface area contributed by atoms with Crippen molar-refractivity contribution in [2.75, 3.05) is 0 Å². The van der Waals surface area contributed by atoms with Gasteiger partial charge in [-0.1, -0.05) is 55.1 Å². The molecule has 0 atom stereocenters. The van der Waals surface area contributed by atoms with E-state index in [9.17, 15) is 15.2 Å².